The van der Waals surface area contributed by atoms with Gasteiger partial charge in [-0.05, 0) is 24.6 Å². The van der Waals surface area contributed by atoms with Crippen molar-refractivity contribution in [2.75, 3.05) is 7.11 Å². The van der Waals surface area contributed by atoms with E-state index in [2.05, 4.69) is 0 Å². The number of benzene rings is 2. The van der Waals surface area contributed by atoms with Gasteiger partial charge in [0.15, 0.2) is 0 Å². The zero-order chi connectivity index (χ0) is 18.0. The van der Waals surface area contributed by atoms with Crippen molar-refractivity contribution in [2.24, 2.45) is 0 Å². The Kier molecular flexibility index (Phi) is 4.57. The molecule has 5 heteroatoms. The minimum absolute atomic E-state index is 0.0472. The molecule has 0 unspecified atom stereocenters. The summed E-state index contributed by atoms with van der Waals surface area (Å²) < 4.78 is 10.9. The Morgan fingerprint density at radius 3 is 2.52 bits per heavy atom. The molecule has 0 aliphatic heterocycles. The summed E-state index contributed by atoms with van der Waals surface area (Å²) in [7, 11) is 1.43. The van der Waals surface area contributed by atoms with E-state index in [4.69, 9.17) is 9.15 Å². The highest BCUT2D eigenvalue weighted by atomic mass is 16.5. The second kappa shape index (κ2) is 6.81. The maximum Gasteiger partial charge on any atom is 0.343 e. The highest BCUT2D eigenvalue weighted by molar-refractivity contribution is 5.91. The lowest BCUT2D eigenvalue weighted by Gasteiger charge is -2.19. The SMILES string of the molecule is COc1c([C@@H](CC(C)=O)c2ccccc2)c(=O)oc2cccc(O)c12. The fourth-order valence-corrected chi connectivity index (χ4v) is 3.09. The molecule has 3 aromatic rings. The predicted molar refractivity (Wildman–Crippen MR) is 94.3 cm³/mol. The van der Waals surface area contributed by atoms with Crippen LogP contribution in [0.4, 0.5) is 0 Å². The molecule has 0 spiro atoms. The lowest BCUT2D eigenvalue weighted by molar-refractivity contribution is -0.117. The van der Waals surface area contributed by atoms with Gasteiger partial charge in [0.25, 0.3) is 0 Å². The van der Waals surface area contributed by atoms with E-state index in [0.29, 0.717) is 5.39 Å². The van der Waals surface area contributed by atoms with Crippen molar-refractivity contribution in [2.45, 2.75) is 19.3 Å². The van der Waals surface area contributed by atoms with E-state index in [1.807, 2.05) is 30.3 Å². The number of Topliss-reactive ketones (excluding diaryl/α,β-unsaturated/α-hetero) is 1. The molecule has 0 aliphatic carbocycles. The molecule has 0 saturated heterocycles. The Labute approximate surface area is 144 Å². The van der Waals surface area contributed by atoms with E-state index in [9.17, 15) is 14.7 Å². The number of methoxy groups -OCH3 is 1. The van der Waals surface area contributed by atoms with Crippen molar-refractivity contribution in [3.63, 3.8) is 0 Å². The van der Waals surface area contributed by atoms with Crippen LogP contribution in [-0.4, -0.2) is 18.0 Å². The molecule has 128 valence electrons. The van der Waals surface area contributed by atoms with Crippen molar-refractivity contribution in [3.05, 3.63) is 70.1 Å². The van der Waals surface area contributed by atoms with Gasteiger partial charge in [-0.15, -0.1) is 0 Å². The molecule has 1 aromatic heterocycles. The lowest BCUT2D eigenvalue weighted by atomic mass is 9.87. The van der Waals surface area contributed by atoms with Gasteiger partial charge in [-0.1, -0.05) is 36.4 Å². The molecule has 1 N–H and O–H groups in total. The summed E-state index contributed by atoms with van der Waals surface area (Å²) in [4.78, 5) is 24.5. The fourth-order valence-electron chi connectivity index (χ4n) is 3.09. The average Bonchev–Trinajstić information content (AvgIpc) is 2.59. The van der Waals surface area contributed by atoms with Crippen LogP contribution in [0.3, 0.4) is 0 Å². The van der Waals surface area contributed by atoms with Crippen LogP contribution in [0, 0.1) is 0 Å². The topological polar surface area (TPSA) is 76.7 Å². The number of hydrogen-bond donors (Lipinski definition) is 1. The maximum absolute atomic E-state index is 12.7. The molecule has 0 fully saturated rings. The van der Waals surface area contributed by atoms with Gasteiger partial charge < -0.3 is 14.3 Å². The van der Waals surface area contributed by atoms with Gasteiger partial charge >= 0.3 is 5.63 Å². The maximum atomic E-state index is 12.7. The van der Waals surface area contributed by atoms with Crippen LogP contribution in [-0.2, 0) is 4.79 Å². The summed E-state index contributed by atoms with van der Waals surface area (Å²) in [5, 5.41) is 10.5. The van der Waals surface area contributed by atoms with Crippen LogP contribution in [0.1, 0.15) is 30.4 Å². The monoisotopic (exact) mass is 338 g/mol. The highest BCUT2D eigenvalue weighted by Gasteiger charge is 2.27. The smallest absolute Gasteiger partial charge is 0.343 e. The van der Waals surface area contributed by atoms with Crippen LogP contribution in [0.15, 0.2) is 57.7 Å². The van der Waals surface area contributed by atoms with E-state index in [0.717, 1.165) is 5.56 Å². The van der Waals surface area contributed by atoms with E-state index < -0.39 is 11.5 Å². The Morgan fingerprint density at radius 1 is 1.16 bits per heavy atom. The summed E-state index contributed by atoms with van der Waals surface area (Å²) in [5.41, 5.74) is 0.696. The first kappa shape index (κ1) is 16.8. The molecule has 25 heavy (non-hydrogen) atoms. The number of fused-ring (bicyclic) bond motifs is 1. The van der Waals surface area contributed by atoms with Crippen LogP contribution >= 0.6 is 0 Å². The Balaban J connectivity index is 2.34. The minimum Gasteiger partial charge on any atom is -0.507 e. The third-order valence-electron chi connectivity index (χ3n) is 4.14. The van der Waals surface area contributed by atoms with E-state index >= 15 is 0 Å². The van der Waals surface area contributed by atoms with Crippen LogP contribution < -0.4 is 10.4 Å². The fraction of sp³-hybridized carbons (Fsp3) is 0.200. The normalized spacial score (nSPS) is 12.1. The van der Waals surface area contributed by atoms with Crippen LogP contribution in [0.2, 0.25) is 0 Å². The largest absolute Gasteiger partial charge is 0.507 e. The van der Waals surface area contributed by atoms with Gasteiger partial charge in [0.05, 0.1) is 12.7 Å². The number of phenols is 1. The van der Waals surface area contributed by atoms with Gasteiger partial charge in [0, 0.05) is 12.3 Å². The predicted octanol–water partition coefficient (Wildman–Crippen LogP) is 3.62. The summed E-state index contributed by atoms with van der Waals surface area (Å²) in [6, 6.07) is 13.9. The minimum atomic E-state index is -0.579. The Hall–Kier alpha value is -3.08. The van der Waals surface area contributed by atoms with Gasteiger partial charge in [0.2, 0.25) is 0 Å². The zero-order valence-electron chi connectivity index (χ0n) is 14.0. The number of phenolic OH excluding ortho intramolecular Hbond substituents is 1. The van der Waals surface area contributed by atoms with Crippen LogP contribution in [0.5, 0.6) is 11.5 Å². The number of rotatable bonds is 5. The second-order valence-electron chi connectivity index (χ2n) is 5.86. The first-order valence-electron chi connectivity index (χ1n) is 7.90. The summed E-state index contributed by atoms with van der Waals surface area (Å²) >= 11 is 0. The lowest BCUT2D eigenvalue weighted by Crippen LogP contribution is -2.18. The van der Waals surface area contributed by atoms with Crippen molar-refractivity contribution in [3.8, 4) is 11.5 Å². The molecule has 0 bridgehead atoms. The summed E-state index contributed by atoms with van der Waals surface area (Å²) in [5.74, 6) is -0.393. The first-order valence-corrected chi connectivity index (χ1v) is 7.90. The summed E-state index contributed by atoms with van der Waals surface area (Å²) in [6.45, 7) is 1.47. The standard InChI is InChI=1S/C20H18O5/c1-12(21)11-14(13-7-4-3-5-8-13)17-19(24-2)18-15(22)9-6-10-16(18)25-20(17)23/h3-10,14,22H,11H2,1-2H3/t14-/m0/s1. The molecule has 0 aliphatic rings. The Bertz CT molecular complexity index is 973. The number of ketones is 1. The molecule has 0 radical (unpaired) electrons. The van der Waals surface area contributed by atoms with E-state index in [1.54, 1.807) is 12.1 Å². The number of carbonyl (C=O) groups is 1. The average molecular weight is 338 g/mol. The quantitative estimate of drug-likeness (QED) is 0.719. The first-order chi connectivity index (χ1) is 12.0. The van der Waals surface area contributed by atoms with Crippen molar-refractivity contribution in [1.82, 2.24) is 0 Å². The molecule has 5 nitrogen and oxygen atoms in total. The van der Waals surface area contributed by atoms with Crippen molar-refractivity contribution >= 4 is 16.8 Å². The molecule has 0 amide bonds. The van der Waals surface area contributed by atoms with Crippen molar-refractivity contribution in [1.29, 1.82) is 0 Å². The van der Waals surface area contributed by atoms with Crippen molar-refractivity contribution < 1.29 is 19.1 Å². The molecule has 1 heterocycles. The molecule has 0 saturated carbocycles. The number of carbonyl (C=O) groups excluding carboxylic acids is 1. The van der Waals surface area contributed by atoms with E-state index in [-0.39, 0.29) is 34.8 Å². The molecule has 2 aromatic carbocycles. The second-order valence-corrected chi connectivity index (χ2v) is 5.86. The molecule has 3 rings (SSSR count). The number of ether oxygens (including phenoxy) is 1. The molecule has 1 atom stereocenters. The number of aromatic hydroxyl groups is 1. The van der Waals surface area contributed by atoms with Crippen LogP contribution in [0.25, 0.3) is 11.0 Å². The Morgan fingerprint density at radius 2 is 1.88 bits per heavy atom. The van der Waals surface area contributed by atoms with E-state index in [1.165, 1.54) is 20.1 Å². The molecular formula is C20H18O5. The third kappa shape index (κ3) is 3.13. The highest BCUT2D eigenvalue weighted by Crippen LogP contribution is 2.40. The third-order valence-corrected chi connectivity index (χ3v) is 4.14. The number of hydrogen-bond acceptors (Lipinski definition) is 5. The van der Waals surface area contributed by atoms with Gasteiger partial charge in [-0.2, -0.15) is 0 Å². The summed E-state index contributed by atoms with van der Waals surface area (Å²) in [6.07, 6.45) is 0.129. The molecular weight excluding hydrogens is 320 g/mol. The zero-order valence-corrected chi connectivity index (χ0v) is 14.0. The van der Waals surface area contributed by atoms with Gasteiger partial charge in [-0.25, -0.2) is 4.79 Å². The van der Waals surface area contributed by atoms with Gasteiger partial charge in [-0.3, -0.25) is 4.79 Å². The van der Waals surface area contributed by atoms with Gasteiger partial charge in [0.1, 0.15) is 28.3 Å².